The molecule has 1 amide bonds. The molecule has 2 N–H and O–H groups in total. The highest BCUT2D eigenvalue weighted by Gasteiger charge is 2.27. The molecule has 2 rings (SSSR count). The Hall–Kier alpha value is -1.18. The van der Waals surface area contributed by atoms with Gasteiger partial charge in [-0.1, -0.05) is 15.9 Å². The largest absolute Gasteiger partial charge is 0.383 e. The van der Waals surface area contributed by atoms with Gasteiger partial charge < -0.3 is 15.4 Å². The smallest absolute Gasteiger partial charge is 0.253 e. The van der Waals surface area contributed by atoms with E-state index in [1.807, 2.05) is 4.90 Å². The molecule has 1 aromatic rings. The number of carbonyl (C=O) groups excluding carboxylic acids is 1. The maximum absolute atomic E-state index is 14.1. The van der Waals surface area contributed by atoms with Gasteiger partial charge in [0.15, 0.2) is 0 Å². The van der Waals surface area contributed by atoms with Crippen LogP contribution in [0.2, 0.25) is 0 Å². The van der Waals surface area contributed by atoms with Crippen molar-refractivity contribution in [1.82, 2.24) is 4.90 Å². The van der Waals surface area contributed by atoms with Gasteiger partial charge in [0.25, 0.3) is 5.91 Å². The molecule has 0 bridgehead atoms. The topological polar surface area (TPSA) is 58.8 Å². The lowest BCUT2D eigenvalue weighted by Gasteiger charge is -2.41. The highest BCUT2D eigenvalue weighted by atomic mass is 79.9. The fourth-order valence-electron chi connectivity index (χ4n) is 2.81. The number of halogens is 2. The SMILES string of the molecule is COCCN1CCN(c2cc(Br)cc(F)c2C(N)=O)CC1C. The first kappa shape index (κ1) is 17.2. The van der Waals surface area contributed by atoms with Gasteiger partial charge in [0, 0.05) is 43.8 Å². The molecular formula is C15H21BrFN3O2. The van der Waals surface area contributed by atoms with Crippen LogP contribution in [0.1, 0.15) is 17.3 Å². The van der Waals surface area contributed by atoms with E-state index < -0.39 is 11.7 Å². The summed E-state index contributed by atoms with van der Waals surface area (Å²) in [5, 5.41) is 0. The predicted octanol–water partition coefficient (Wildman–Crippen LogP) is 1.84. The minimum absolute atomic E-state index is 0.0410. The van der Waals surface area contributed by atoms with Crippen LogP contribution in [0.4, 0.5) is 10.1 Å². The summed E-state index contributed by atoms with van der Waals surface area (Å²) < 4.78 is 19.8. The lowest BCUT2D eigenvalue weighted by molar-refractivity contribution is 0.0995. The van der Waals surface area contributed by atoms with Crippen LogP contribution in [0.15, 0.2) is 16.6 Å². The third-order valence-corrected chi connectivity index (χ3v) is 4.43. The zero-order valence-electron chi connectivity index (χ0n) is 12.8. The molecule has 1 aliphatic heterocycles. The molecule has 1 fully saturated rings. The summed E-state index contributed by atoms with van der Waals surface area (Å²) in [5.41, 5.74) is 5.86. The standard InChI is InChI=1S/C15H21BrFN3O2/c1-10-9-20(4-3-19(10)5-6-22-2)13-8-11(16)7-12(17)14(13)15(18)21/h7-8,10H,3-6,9H2,1-2H3,(H2,18,21). The number of ether oxygens (including phenoxy) is 1. The Labute approximate surface area is 138 Å². The van der Waals surface area contributed by atoms with Gasteiger partial charge in [-0.25, -0.2) is 4.39 Å². The van der Waals surface area contributed by atoms with Gasteiger partial charge in [-0.05, 0) is 19.1 Å². The number of carbonyl (C=O) groups is 1. The van der Waals surface area contributed by atoms with Crippen LogP contribution in [-0.4, -0.2) is 56.7 Å². The number of nitrogens with two attached hydrogens (primary N) is 1. The van der Waals surface area contributed by atoms with Crippen LogP contribution in [0.25, 0.3) is 0 Å². The number of hydrogen-bond donors (Lipinski definition) is 1. The lowest BCUT2D eigenvalue weighted by Crippen LogP contribution is -2.53. The van der Waals surface area contributed by atoms with Crippen molar-refractivity contribution in [2.24, 2.45) is 5.73 Å². The maximum atomic E-state index is 14.1. The molecule has 1 aromatic carbocycles. The van der Waals surface area contributed by atoms with Crippen molar-refractivity contribution in [2.75, 3.05) is 44.8 Å². The third kappa shape index (κ3) is 3.77. The lowest BCUT2D eigenvalue weighted by atomic mass is 10.1. The summed E-state index contributed by atoms with van der Waals surface area (Å²) in [6.07, 6.45) is 0. The summed E-state index contributed by atoms with van der Waals surface area (Å²) >= 11 is 3.28. The molecule has 0 spiro atoms. The van der Waals surface area contributed by atoms with Gasteiger partial charge in [0.2, 0.25) is 0 Å². The second-order valence-corrected chi connectivity index (χ2v) is 6.39. The average Bonchev–Trinajstić information content (AvgIpc) is 2.44. The Morgan fingerprint density at radius 2 is 2.23 bits per heavy atom. The Morgan fingerprint density at radius 3 is 2.82 bits per heavy atom. The van der Waals surface area contributed by atoms with Gasteiger partial charge in [0.05, 0.1) is 17.9 Å². The zero-order chi connectivity index (χ0) is 16.3. The third-order valence-electron chi connectivity index (χ3n) is 3.97. The molecule has 1 saturated heterocycles. The van der Waals surface area contributed by atoms with Gasteiger partial charge in [0.1, 0.15) is 5.82 Å². The van der Waals surface area contributed by atoms with E-state index in [4.69, 9.17) is 10.5 Å². The summed E-state index contributed by atoms with van der Waals surface area (Å²) in [5.74, 6) is -1.33. The number of nitrogens with zero attached hydrogens (tertiary/aromatic N) is 2. The minimum atomic E-state index is -0.741. The van der Waals surface area contributed by atoms with E-state index in [2.05, 4.69) is 27.8 Å². The van der Waals surface area contributed by atoms with Crippen LogP contribution in [0, 0.1) is 5.82 Å². The van der Waals surface area contributed by atoms with E-state index in [1.165, 1.54) is 6.07 Å². The highest BCUT2D eigenvalue weighted by Crippen LogP contribution is 2.29. The number of methoxy groups -OCH3 is 1. The quantitative estimate of drug-likeness (QED) is 0.855. The van der Waals surface area contributed by atoms with Crippen molar-refractivity contribution in [3.8, 4) is 0 Å². The predicted molar refractivity (Wildman–Crippen MR) is 87.7 cm³/mol. The Morgan fingerprint density at radius 1 is 1.50 bits per heavy atom. The fourth-order valence-corrected chi connectivity index (χ4v) is 3.23. The first-order valence-corrected chi connectivity index (χ1v) is 8.00. The van der Waals surface area contributed by atoms with E-state index in [9.17, 15) is 9.18 Å². The Bertz CT molecular complexity index is 556. The first-order chi connectivity index (χ1) is 10.4. The molecule has 0 radical (unpaired) electrons. The van der Waals surface area contributed by atoms with Gasteiger partial charge in [-0.15, -0.1) is 0 Å². The van der Waals surface area contributed by atoms with Crippen molar-refractivity contribution in [3.63, 3.8) is 0 Å². The summed E-state index contributed by atoms with van der Waals surface area (Å²) in [7, 11) is 1.68. The monoisotopic (exact) mass is 373 g/mol. The van der Waals surface area contributed by atoms with E-state index in [1.54, 1.807) is 13.2 Å². The van der Waals surface area contributed by atoms with Crippen LogP contribution in [0.3, 0.4) is 0 Å². The van der Waals surface area contributed by atoms with Crippen molar-refractivity contribution in [3.05, 3.63) is 28.0 Å². The second kappa shape index (κ2) is 7.39. The number of anilines is 1. The van der Waals surface area contributed by atoms with Crippen LogP contribution < -0.4 is 10.6 Å². The zero-order valence-corrected chi connectivity index (χ0v) is 14.4. The molecule has 1 aliphatic rings. The average molecular weight is 374 g/mol. The molecule has 1 unspecified atom stereocenters. The number of primary amides is 1. The van der Waals surface area contributed by atoms with Crippen LogP contribution in [0.5, 0.6) is 0 Å². The Balaban J connectivity index is 2.21. The number of hydrogen-bond acceptors (Lipinski definition) is 4. The van der Waals surface area contributed by atoms with E-state index in [0.717, 1.165) is 13.1 Å². The van der Waals surface area contributed by atoms with Crippen LogP contribution in [-0.2, 0) is 4.74 Å². The Kier molecular flexibility index (Phi) is 5.77. The van der Waals surface area contributed by atoms with E-state index in [0.29, 0.717) is 29.9 Å². The molecule has 22 heavy (non-hydrogen) atoms. The normalized spacial score (nSPS) is 19.5. The summed E-state index contributed by atoms with van der Waals surface area (Å²) in [6.45, 7) is 5.91. The van der Waals surface area contributed by atoms with Crippen LogP contribution >= 0.6 is 15.9 Å². The molecule has 0 aromatic heterocycles. The molecule has 0 aliphatic carbocycles. The maximum Gasteiger partial charge on any atom is 0.253 e. The van der Waals surface area contributed by atoms with Crippen molar-refractivity contribution >= 4 is 27.5 Å². The van der Waals surface area contributed by atoms with Gasteiger partial charge in [-0.2, -0.15) is 0 Å². The number of amides is 1. The second-order valence-electron chi connectivity index (χ2n) is 5.47. The van der Waals surface area contributed by atoms with Crippen molar-refractivity contribution in [2.45, 2.75) is 13.0 Å². The molecular weight excluding hydrogens is 353 g/mol. The first-order valence-electron chi connectivity index (χ1n) is 7.20. The number of piperazine rings is 1. The van der Waals surface area contributed by atoms with Gasteiger partial charge >= 0.3 is 0 Å². The molecule has 0 saturated carbocycles. The summed E-state index contributed by atoms with van der Waals surface area (Å²) in [4.78, 5) is 15.9. The number of rotatable bonds is 5. The minimum Gasteiger partial charge on any atom is -0.383 e. The van der Waals surface area contributed by atoms with Gasteiger partial charge in [-0.3, -0.25) is 9.69 Å². The number of benzene rings is 1. The van der Waals surface area contributed by atoms with Crippen molar-refractivity contribution < 1.29 is 13.9 Å². The molecule has 1 heterocycles. The van der Waals surface area contributed by atoms with Crippen molar-refractivity contribution in [1.29, 1.82) is 0 Å². The summed E-state index contributed by atoms with van der Waals surface area (Å²) in [6, 6.07) is 3.30. The fraction of sp³-hybridized carbons (Fsp3) is 0.533. The van der Waals surface area contributed by atoms with E-state index >= 15 is 0 Å². The molecule has 1 atom stereocenters. The molecule has 7 heteroatoms. The molecule has 122 valence electrons. The highest BCUT2D eigenvalue weighted by molar-refractivity contribution is 9.10. The van der Waals surface area contributed by atoms with E-state index in [-0.39, 0.29) is 11.6 Å². The molecule has 5 nitrogen and oxygen atoms in total.